The van der Waals surface area contributed by atoms with Crippen LogP contribution in [0, 0.1) is 0 Å². The van der Waals surface area contributed by atoms with E-state index in [4.69, 9.17) is 37.0 Å². The third kappa shape index (κ3) is 73.3. The second-order valence-corrected chi connectivity index (χ2v) is 28.5. The first-order valence-electron chi connectivity index (χ1n) is 39.1. The van der Waals surface area contributed by atoms with Crippen LogP contribution in [0.4, 0.5) is 0 Å². The molecule has 19 heteroatoms. The average Bonchev–Trinajstić information content (AvgIpc) is 0.908. The molecule has 582 valence electrons. The Hall–Kier alpha value is -5.06. The van der Waals surface area contributed by atoms with Gasteiger partial charge in [0, 0.05) is 19.3 Å². The van der Waals surface area contributed by atoms with Gasteiger partial charge in [-0.25, -0.2) is 9.13 Å². The molecule has 5 atom stereocenters. The Balaban J connectivity index is 5.45. The lowest BCUT2D eigenvalue weighted by Gasteiger charge is -2.21. The van der Waals surface area contributed by atoms with Gasteiger partial charge in [0.2, 0.25) is 0 Å². The summed E-state index contributed by atoms with van der Waals surface area (Å²) in [6.07, 6.45) is 84.3. The normalized spacial score (nSPS) is 14.7. The Labute approximate surface area is 617 Å². The van der Waals surface area contributed by atoms with E-state index in [2.05, 4.69) is 149 Å². The highest BCUT2D eigenvalue weighted by atomic mass is 31.2. The van der Waals surface area contributed by atoms with E-state index in [0.717, 1.165) is 148 Å². The molecule has 0 bridgehead atoms. The molecule has 0 rings (SSSR count). The molecule has 0 saturated carbocycles. The highest BCUT2D eigenvalue weighted by Crippen LogP contribution is 2.45. The maximum Gasteiger partial charge on any atom is 0.472 e. The number of phosphoric ester groups is 2. The minimum atomic E-state index is -5.00. The lowest BCUT2D eigenvalue weighted by Crippen LogP contribution is -2.30. The van der Waals surface area contributed by atoms with Gasteiger partial charge in [-0.15, -0.1) is 0 Å². The molecule has 0 saturated heterocycles. The molecule has 0 aromatic heterocycles. The van der Waals surface area contributed by atoms with Gasteiger partial charge >= 0.3 is 39.5 Å². The first-order chi connectivity index (χ1) is 49.7. The number of aliphatic hydroxyl groups is 1. The zero-order valence-electron chi connectivity index (χ0n) is 63.5. The van der Waals surface area contributed by atoms with Crippen LogP contribution in [0.25, 0.3) is 0 Å². The maximum absolute atomic E-state index is 13.1. The van der Waals surface area contributed by atoms with Gasteiger partial charge in [0.15, 0.2) is 12.2 Å². The molecule has 0 fully saturated rings. The van der Waals surface area contributed by atoms with Crippen molar-refractivity contribution >= 4 is 39.5 Å². The molecule has 0 aromatic carbocycles. The molecule has 3 N–H and O–H groups in total. The van der Waals surface area contributed by atoms with E-state index in [0.29, 0.717) is 25.7 Å². The fourth-order valence-corrected chi connectivity index (χ4v) is 11.5. The van der Waals surface area contributed by atoms with E-state index in [-0.39, 0.29) is 25.7 Å². The van der Waals surface area contributed by atoms with Crippen molar-refractivity contribution in [2.45, 2.75) is 316 Å². The van der Waals surface area contributed by atoms with E-state index < -0.39 is 97.5 Å². The molecule has 5 unspecified atom stereocenters. The highest BCUT2D eigenvalue weighted by molar-refractivity contribution is 7.47. The van der Waals surface area contributed by atoms with Crippen molar-refractivity contribution in [3.8, 4) is 0 Å². The van der Waals surface area contributed by atoms with Gasteiger partial charge in [0.25, 0.3) is 0 Å². The molecule has 0 amide bonds. The van der Waals surface area contributed by atoms with E-state index in [1.54, 1.807) is 6.08 Å². The Bertz CT molecular complexity index is 2510. The number of rotatable bonds is 72. The second-order valence-electron chi connectivity index (χ2n) is 25.6. The molecule has 17 nitrogen and oxygen atoms in total. The van der Waals surface area contributed by atoms with E-state index >= 15 is 0 Å². The van der Waals surface area contributed by atoms with E-state index in [1.165, 1.54) is 70.6 Å². The number of hydrogen-bond acceptors (Lipinski definition) is 15. The molecule has 0 aliphatic rings. The van der Waals surface area contributed by atoms with Gasteiger partial charge in [-0.3, -0.25) is 37.3 Å². The molecular formula is C83H138O17P2. The van der Waals surface area contributed by atoms with Gasteiger partial charge < -0.3 is 33.8 Å². The second kappa shape index (κ2) is 74.2. The van der Waals surface area contributed by atoms with Gasteiger partial charge in [-0.05, 0) is 128 Å². The minimum absolute atomic E-state index is 0.0555. The number of hydrogen-bond donors (Lipinski definition) is 3. The number of allylic oxidation sites excluding steroid dienone is 23. The Morgan fingerprint density at radius 3 is 0.902 bits per heavy atom. The van der Waals surface area contributed by atoms with Crippen LogP contribution in [0.3, 0.4) is 0 Å². The zero-order chi connectivity index (χ0) is 74.6. The molecule has 0 aromatic rings. The van der Waals surface area contributed by atoms with Crippen LogP contribution in [-0.4, -0.2) is 96.7 Å². The molecular weight excluding hydrogens is 1330 g/mol. The minimum Gasteiger partial charge on any atom is -0.462 e. The van der Waals surface area contributed by atoms with Gasteiger partial charge in [0.1, 0.15) is 19.3 Å². The Morgan fingerprint density at radius 1 is 0.294 bits per heavy atom. The van der Waals surface area contributed by atoms with Crippen LogP contribution < -0.4 is 0 Å². The van der Waals surface area contributed by atoms with E-state index in [9.17, 15) is 43.2 Å². The zero-order valence-corrected chi connectivity index (χ0v) is 65.3. The summed E-state index contributed by atoms with van der Waals surface area (Å²) in [6.45, 7) is 4.45. The SMILES string of the molecule is CC/C=C\C/C=C\C/C=C\C/C=C\C/C=C\CCCCCC(=O)OCC(COP(=O)(O)OCC(O)COP(=O)(O)OCC(COC(=O)C/C=C\C/C=C\C/C=C\C/C=C\C/C=C\CC)OC(=O)CCCCCCC/C=C\C/C=C\CCCCC)OC(=O)CCCCCCCCCCCCCCC. The summed E-state index contributed by atoms with van der Waals surface area (Å²) < 4.78 is 68.4. The van der Waals surface area contributed by atoms with Crippen LogP contribution in [0.1, 0.15) is 297 Å². The van der Waals surface area contributed by atoms with Crippen LogP contribution in [-0.2, 0) is 65.4 Å². The van der Waals surface area contributed by atoms with Crippen molar-refractivity contribution < 1.29 is 80.2 Å². The third-order valence-corrected chi connectivity index (χ3v) is 17.7. The highest BCUT2D eigenvalue weighted by Gasteiger charge is 2.30. The smallest absolute Gasteiger partial charge is 0.462 e. The number of carbonyl (C=O) groups is 4. The molecule has 0 heterocycles. The Kier molecular flexibility index (Phi) is 70.5. The van der Waals surface area contributed by atoms with Crippen molar-refractivity contribution in [2.75, 3.05) is 39.6 Å². The first-order valence-corrected chi connectivity index (χ1v) is 42.1. The summed E-state index contributed by atoms with van der Waals surface area (Å²) in [6, 6.07) is 0. The van der Waals surface area contributed by atoms with Crippen molar-refractivity contribution in [1.29, 1.82) is 0 Å². The Morgan fingerprint density at radius 2 is 0.549 bits per heavy atom. The summed E-state index contributed by atoms with van der Waals surface area (Å²) in [5.74, 6) is -2.38. The topological polar surface area (TPSA) is 237 Å². The van der Waals surface area contributed by atoms with Crippen LogP contribution in [0.15, 0.2) is 146 Å². The quantitative estimate of drug-likeness (QED) is 0.0169. The lowest BCUT2D eigenvalue weighted by molar-refractivity contribution is -0.161. The van der Waals surface area contributed by atoms with Crippen molar-refractivity contribution in [3.05, 3.63) is 146 Å². The number of phosphoric acid groups is 2. The molecule has 0 radical (unpaired) electrons. The fraction of sp³-hybridized carbons (Fsp3) is 0.663. The molecule has 0 aliphatic heterocycles. The third-order valence-electron chi connectivity index (χ3n) is 15.8. The predicted octanol–water partition coefficient (Wildman–Crippen LogP) is 22.7. The van der Waals surface area contributed by atoms with Crippen molar-refractivity contribution in [2.24, 2.45) is 0 Å². The number of carbonyl (C=O) groups excluding carboxylic acids is 4. The standard InChI is InChI=1S/C83H138O17P2/c1-5-9-13-17-21-25-29-33-36-37-38-39-42-45-48-52-56-60-64-68-81(86)94-73-78(99-82(87)69-65-61-57-53-49-43-32-28-24-20-16-12-8-4)75-97-101(89,90)95-71-77(84)72-96-102(91,92)98-76-79(100-83(88)70-66-62-58-54-50-46-41-35-31-27-23-19-15-11-7-3)74-93-80(85)67-63-59-55-51-47-44-40-34-30-26-22-18-14-10-6-2/h9-10,13-14,21-23,25-27,33-36,38-41,45,47-48,51,59,63,77-79,84H,5-8,11-12,15-20,24,28-32,37,42-44,46,49-50,52-58,60-62,64-76H2,1-4H3,(H,89,90)(H,91,92)/b13-9-,14-10-,25-21-,26-22-,27-23-,36-33-,39-38-,40-34-,41-35-,48-45-,51-47-,63-59-. The van der Waals surface area contributed by atoms with Crippen molar-refractivity contribution in [3.63, 3.8) is 0 Å². The molecule has 102 heavy (non-hydrogen) atoms. The van der Waals surface area contributed by atoms with Gasteiger partial charge in [-0.1, -0.05) is 289 Å². The number of ether oxygens (including phenoxy) is 4. The summed E-state index contributed by atoms with van der Waals surface area (Å²) in [5, 5.41) is 10.6. The van der Waals surface area contributed by atoms with Gasteiger partial charge in [-0.2, -0.15) is 0 Å². The summed E-state index contributed by atoms with van der Waals surface area (Å²) in [5.41, 5.74) is 0. The van der Waals surface area contributed by atoms with Crippen LogP contribution in [0.5, 0.6) is 0 Å². The number of unbranched alkanes of at least 4 members (excludes halogenated alkanes) is 23. The van der Waals surface area contributed by atoms with Gasteiger partial charge in [0.05, 0.1) is 32.8 Å². The number of aliphatic hydroxyl groups excluding tert-OH is 1. The fourth-order valence-electron chi connectivity index (χ4n) is 9.94. The first kappa shape index (κ1) is 96.9. The monoisotopic (exact) mass is 1470 g/mol. The maximum atomic E-state index is 13.1. The average molecular weight is 1470 g/mol. The number of esters is 4. The molecule has 0 aliphatic carbocycles. The largest absolute Gasteiger partial charge is 0.472 e. The summed E-state index contributed by atoms with van der Waals surface area (Å²) in [7, 11) is -10.00. The summed E-state index contributed by atoms with van der Waals surface area (Å²) in [4.78, 5) is 72.9. The predicted molar refractivity (Wildman–Crippen MR) is 417 cm³/mol. The summed E-state index contributed by atoms with van der Waals surface area (Å²) >= 11 is 0. The van der Waals surface area contributed by atoms with Crippen LogP contribution in [0.2, 0.25) is 0 Å². The molecule has 0 spiro atoms. The van der Waals surface area contributed by atoms with E-state index in [1.807, 2.05) is 18.2 Å². The van der Waals surface area contributed by atoms with Crippen LogP contribution >= 0.6 is 15.6 Å². The van der Waals surface area contributed by atoms with Crippen molar-refractivity contribution in [1.82, 2.24) is 0 Å². The lowest BCUT2D eigenvalue weighted by atomic mass is 10.0.